The molecule has 1 atom stereocenters. The molecule has 0 aliphatic heterocycles. The van der Waals surface area contributed by atoms with Crippen LogP contribution in [-0.4, -0.2) is 28.8 Å². The third kappa shape index (κ3) is 4.28. The molecule has 4 nitrogen and oxygen atoms in total. The lowest BCUT2D eigenvalue weighted by atomic mass is 9.86. The number of carbonyl (C=O) groups excluding carboxylic acids is 1. The Hall–Kier alpha value is -1.49. The molecule has 0 aliphatic carbocycles. The number of carbonyl (C=O) groups is 2. The lowest BCUT2D eigenvalue weighted by Gasteiger charge is -2.19. The topological polar surface area (TPSA) is 66.4 Å². The molecule has 0 spiro atoms. The molecule has 1 rings (SSSR count). The van der Waals surface area contributed by atoms with Gasteiger partial charge in [0.2, 0.25) is 0 Å². The SMILES string of the molecule is CC(C)(C)c1ccc(C(=O)NC(CS)C(=O)O)cc1. The summed E-state index contributed by atoms with van der Waals surface area (Å²) in [5.74, 6) is -1.43. The van der Waals surface area contributed by atoms with Gasteiger partial charge in [-0.25, -0.2) is 4.79 Å². The molecule has 1 amide bonds. The summed E-state index contributed by atoms with van der Waals surface area (Å²) < 4.78 is 0. The molecule has 1 aromatic rings. The monoisotopic (exact) mass is 281 g/mol. The maximum absolute atomic E-state index is 11.9. The van der Waals surface area contributed by atoms with Gasteiger partial charge in [0.1, 0.15) is 6.04 Å². The number of amides is 1. The van der Waals surface area contributed by atoms with Crippen LogP contribution in [0, 0.1) is 0 Å². The smallest absolute Gasteiger partial charge is 0.327 e. The molecule has 2 N–H and O–H groups in total. The highest BCUT2D eigenvalue weighted by Crippen LogP contribution is 2.22. The van der Waals surface area contributed by atoms with Crippen LogP contribution in [0.3, 0.4) is 0 Å². The van der Waals surface area contributed by atoms with Gasteiger partial charge in [-0.15, -0.1) is 0 Å². The average Bonchev–Trinajstić information content (AvgIpc) is 2.34. The van der Waals surface area contributed by atoms with Crippen LogP contribution in [0.5, 0.6) is 0 Å². The summed E-state index contributed by atoms with van der Waals surface area (Å²) in [7, 11) is 0. The second-order valence-electron chi connectivity index (χ2n) is 5.37. The fourth-order valence-corrected chi connectivity index (χ4v) is 1.80. The van der Waals surface area contributed by atoms with E-state index in [2.05, 4.69) is 38.7 Å². The lowest BCUT2D eigenvalue weighted by molar-refractivity contribution is -0.138. The number of hydrogen-bond acceptors (Lipinski definition) is 3. The number of nitrogens with one attached hydrogen (secondary N) is 1. The first-order valence-corrected chi connectivity index (χ1v) is 6.64. The summed E-state index contributed by atoms with van der Waals surface area (Å²) in [6.45, 7) is 6.26. The number of thiol groups is 1. The summed E-state index contributed by atoms with van der Waals surface area (Å²) in [5.41, 5.74) is 1.58. The van der Waals surface area contributed by atoms with E-state index in [1.807, 2.05) is 12.1 Å². The highest BCUT2D eigenvalue weighted by molar-refractivity contribution is 7.80. The molecule has 0 saturated carbocycles. The van der Waals surface area contributed by atoms with Crippen LogP contribution in [0.2, 0.25) is 0 Å². The van der Waals surface area contributed by atoms with Crippen molar-refractivity contribution in [3.63, 3.8) is 0 Å². The molecule has 5 heteroatoms. The minimum atomic E-state index is -1.09. The fourth-order valence-electron chi connectivity index (χ4n) is 1.55. The Morgan fingerprint density at radius 1 is 1.26 bits per heavy atom. The summed E-state index contributed by atoms with van der Waals surface area (Å²) in [5, 5.41) is 11.3. The van der Waals surface area contributed by atoms with Gasteiger partial charge in [-0.05, 0) is 23.1 Å². The molecule has 19 heavy (non-hydrogen) atoms. The standard InChI is InChI=1S/C14H19NO3S/c1-14(2,3)10-6-4-9(5-7-10)12(16)15-11(8-19)13(17)18/h4-7,11,19H,8H2,1-3H3,(H,15,16)(H,17,18). The molecule has 0 heterocycles. The van der Waals surface area contributed by atoms with Crippen molar-refractivity contribution in [1.29, 1.82) is 0 Å². The van der Waals surface area contributed by atoms with Crippen LogP contribution in [0.15, 0.2) is 24.3 Å². The lowest BCUT2D eigenvalue weighted by Crippen LogP contribution is -2.42. The zero-order valence-corrected chi connectivity index (χ0v) is 12.2. The van der Waals surface area contributed by atoms with Gasteiger partial charge in [0.05, 0.1) is 0 Å². The summed E-state index contributed by atoms with van der Waals surface area (Å²) in [6, 6.07) is 6.19. The molecule has 0 bridgehead atoms. The predicted molar refractivity (Wildman–Crippen MR) is 77.9 cm³/mol. The number of carboxylic acid groups (broad SMARTS) is 1. The first-order valence-electron chi connectivity index (χ1n) is 6.01. The zero-order chi connectivity index (χ0) is 14.6. The van der Waals surface area contributed by atoms with E-state index < -0.39 is 17.9 Å². The average molecular weight is 281 g/mol. The Balaban J connectivity index is 2.81. The van der Waals surface area contributed by atoms with E-state index in [4.69, 9.17) is 5.11 Å². The Labute approximate surface area is 118 Å². The van der Waals surface area contributed by atoms with Gasteiger partial charge in [0.25, 0.3) is 5.91 Å². The van der Waals surface area contributed by atoms with E-state index in [9.17, 15) is 9.59 Å². The van der Waals surface area contributed by atoms with Gasteiger partial charge in [0, 0.05) is 11.3 Å². The van der Waals surface area contributed by atoms with Gasteiger partial charge in [-0.1, -0.05) is 32.9 Å². The molecule has 1 aromatic carbocycles. The van der Waals surface area contributed by atoms with Crippen molar-refractivity contribution in [1.82, 2.24) is 5.32 Å². The fraction of sp³-hybridized carbons (Fsp3) is 0.429. The Morgan fingerprint density at radius 3 is 2.16 bits per heavy atom. The largest absolute Gasteiger partial charge is 0.480 e. The number of benzene rings is 1. The van der Waals surface area contributed by atoms with Crippen LogP contribution in [0.1, 0.15) is 36.7 Å². The Morgan fingerprint density at radius 2 is 1.79 bits per heavy atom. The Kier molecular flexibility index (Phi) is 5.00. The van der Waals surface area contributed by atoms with Gasteiger partial charge in [0.15, 0.2) is 0 Å². The number of rotatable bonds is 4. The van der Waals surface area contributed by atoms with Crippen LogP contribution in [0.25, 0.3) is 0 Å². The van der Waals surface area contributed by atoms with Crippen molar-refractivity contribution in [2.75, 3.05) is 5.75 Å². The molecular weight excluding hydrogens is 262 g/mol. The summed E-state index contributed by atoms with van der Waals surface area (Å²) in [4.78, 5) is 22.7. The summed E-state index contributed by atoms with van der Waals surface area (Å²) >= 11 is 3.90. The molecule has 0 saturated heterocycles. The summed E-state index contributed by atoms with van der Waals surface area (Å²) in [6.07, 6.45) is 0. The van der Waals surface area contributed by atoms with Crippen LogP contribution >= 0.6 is 12.6 Å². The number of aliphatic carboxylic acids is 1. The second kappa shape index (κ2) is 6.10. The number of hydrogen-bond donors (Lipinski definition) is 3. The van der Waals surface area contributed by atoms with Gasteiger partial charge < -0.3 is 10.4 Å². The van der Waals surface area contributed by atoms with E-state index >= 15 is 0 Å². The highest BCUT2D eigenvalue weighted by atomic mass is 32.1. The highest BCUT2D eigenvalue weighted by Gasteiger charge is 2.19. The zero-order valence-electron chi connectivity index (χ0n) is 11.3. The molecule has 0 fully saturated rings. The van der Waals surface area contributed by atoms with Crippen LogP contribution in [-0.2, 0) is 10.2 Å². The molecular formula is C14H19NO3S. The van der Waals surface area contributed by atoms with Gasteiger partial charge in [-0.3, -0.25) is 4.79 Å². The van der Waals surface area contributed by atoms with Gasteiger partial charge >= 0.3 is 5.97 Å². The van der Waals surface area contributed by atoms with Gasteiger partial charge in [-0.2, -0.15) is 12.6 Å². The van der Waals surface area contributed by atoms with E-state index in [0.717, 1.165) is 5.56 Å². The quantitative estimate of drug-likeness (QED) is 0.740. The third-order valence-electron chi connectivity index (χ3n) is 2.80. The van der Waals surface area contributed by atoms with E-state index in [0.29, 0.717) is 5.56 Å². The molecule has 1 unspecified atom stereocenters. The molecule has 104 valence electrons. The Bertz CT molecular complexity index is 463. The normalized spacial score (nSPS) is 12.8. The molecule has 0 aromatic heterocycles. The minimum absolute atomic E-state index is 0.0176. The van der Waals surface area contributed by atoms with Crippen molar-refractivity contribution >= 4 is 24.5 Å². The molecule has 0 aliphatic rings. The van der Waals surface area contributed by atoms with Crippen LogP contribution < -0.4 is 5.32 Å². The maximum atomic E-state index is 11.9. The van der Waals surface area contributed by atoms with Crippen molar-refractivity contribution in [2.24, 2.45) is 0 Å². The predicted octanol–water partition coefficient (Wildman–Crippen LogP) is 2.10. The van der Waals surface area contributed by atoms with Crippen molar-refractivity contribution in [2.45, 2.75) is 32.2 Å². The molecule has 0 radical (unpaired) electrons. The van der Waals surface area contributed by atoms with Crippen molar-refractivity contribution < 1.29 is 14.7 Å². The van der Waals surface area contributed by atoms with E-state index in [-0.39, 0.29) is 11.2 Å². The second-order valence-corrected chi connectivity index (χ2v) is 5.74. The van der Waals surface area contributed by atoms with Crippen LogP contribution in [0.4, 0.5) is 0 Å². The van der Waals surface area contributed by atoms with E-state index in [1.165, 1.54) is 0 Å². The van der Waals surface area contributed by atoms with Crippen molar-refractivity contribution in [3.05, 3.63) is 35.4 Å². The van der Waals surface area contributed by atoms with Crippen molar-refractivity contribution in [3.8, 4) is 0 Å². The third-order valence-corrected chi connectivity index (χ3v) is 3.16. The first kappa shape index (κ1) is 15.6. The minimum Gasteiger partial charge on any atom is -0.480 e. The maximum Gasteiger partial charge on any atom is 0.327 e. The number of carboxylic acids is 1. The van der Waals surface area contributed by atoms with E-state index in [1.54, 1.807) is 12.1 Å². The first-order chi connectivity index (χ1) is 8.75.